The van der Waals surface area contributed by atoms with Crippen molar-refractivity contribution >= 4 is 47.8 Å². The van der Waals surface area contributed by atoms with Gasteiger partial charge in [0.2, 0.25) is 0 Å². The maximum Gasteiger partial charge on any atom is 0.295 e. The van der Waals surface area contributed by atoms with Crippen molar-refractivity contribution in [3.05, 3.63) is 21.6 Å². The molecule has 0 aromatic heterocycles. The first-order valence-electron chi connectivity index (χ1n) is 3.47. The van der Waals surface area contributed by atoms with E-state index in [1.807, 2.05) is 0 Å². The summed E-state index contributed by atoms with van der Waals surface area (Å²) in [6.07, 6.45) is 0. The van der Waals surface area contributed by atoms with Gasteiger partial charge in [-0.2, -0.15) is 16.8 Å². The molecule has 0 unspecified atom stereocenters. The van der Waals surface area contributed by atoms with Gasteiger partial charge in [-0.15, -0.1) is 0 Å². The fourth-order valence-electron chi connectivity index (χ4n) is 0.916. The lowest BCUT2D eigenvalue weighted by Crippen LogP contribution is -2.05. The lowest BCUT2D eigenvalue weighted by atomic mass is 10.4. The van der Waals surface area contributed by atoms with Gasteiger partial charge in [-0.3, -0.25) is 9.11 Å². The monoisotopic (exact) mass is 350 g/mol. The van der Waals surface area contributed by atoms with Gasteiger partial charge in [0.15, 0.2) is 0 Å². The van der Waals surface area contributed by atoms with E-state index in [0.29, 0.717) is 0 Å². The Hall–Kier alpha value is -0.190. The van der Waals surface area contributed by atoms with Gasteiger partial charge in [0, 0.05) is 5.02 Å². The Morgan fingerprint density at radius 3 is 1.56 bits per heavy atom. The highest BCUT2D eigenvalue weighted by Gasteiger charge is 2.24. The zero-order valence-electron chi connectivity index (χ0n) is 7.25. The molecule has 16 heavy (non-hydrogen) atoms. The molecule has 0 aliphatic rings. The molecule has 1 aromatic carbocycles. The average molecular weight is 352 g/mol. The van der Waals surface area contributed by atoms with E-state index in [0.717, 1.165) is 12.1 Å². The quantitative estimate of drug-likeness (QED) is 0.783. The normalized spacial score (nSPS) is 12.8. The van der Waals surface area contributed by atoms with E-state index in [1.54, 1.807) is 0 Å². The summed E-state index contributed by atoms with van der Waals surface area (Å²) in [6, 6.07) is 1.69. The van der Waals surface area contributed by atoms with Crippen LogP contribution in [0.15, 0.2) is 26.4 Å². The molecule has 10 heteroatoms. The molecule has 6 nitrogen and oxygen atoms in total. The Bertz CT molecular complexity index is 582. The predicted molar refractivity (Wildman–Crippen MR) is 58.8 cm³/mol. The van der Waals surface area contributed by atoms with E-state index >= 15 is 0 Å². The Morgan fingerprint density at radius 1 is 1.00 bits per heavy atom. The van der Waals surface area contributed by atoms with E-state index in [-0.39, 0.29) is 5.02 Å². The first-order valence-corrected chi connectivity index (χ1v) is 7.52. The van der Waals surface area contributed by atoms with E-state index in [9.17, 15) is 16.8 Å². The fraction of sp³-hybridized carbons (Fsp3) is 0. The van der Waals surface area contributed by atoms with E-state index < -0.39 is 34.5 Å². The Kier molecular flexibility index (Phi) is 3.68. The van der Waals surface area contributed by atoms with Crippen molar-refractivity contribution in [2.45, 2.75) is 9.79 Å². The number of benzene rings is 1. The molecule has 0 spiro atoms. The summed E-state index contributed by atoms with van der Waals surface area (Å²) in [6.45, 7) is 0. The molecule has 0 atom stereocenters. The minimum atomic E-state index is -4.65. The zero-order valence-corrected chi connectivity index (χ0v) is 11.2. The summed E-state index contributed by atoms with van der Waals surface area (Å²) in [5.41, 5.74) is 0. The third kappa shape index (κ3) is 2.93. The number of hydrogen-bond donors (Lipinski definition) is 2. The van der Waals surface area contributed by atoms with Crippen LogP contribution in [0.1, 0.15) is 0 Å². The molecule has 0 aliphatic heterocycles. The van der Waals surface area contributed by atoms with Crippen LogP contribution in [0.4, 0.5) is 0 Å². The summed E-state index contributed by atoms with van der Waals surface area (Å²) in [4.78, 5) is -1.49. The lowest BCUT2D eigenvalue weighted by molar-refractivity contribution is 0.480. The molecule has 0 radical (unpaired) electrons. The van der Waals surface area contributed by atoms with Crippen molar-refractivity contribution < 1.29 is 25.9 Å². The minimum absolute atomic E-state index is 0.261. The van der Waals surface area contributed by atoms with Crippen molar-refractivity contribution in [1.29, 1.82) is 0 Å². The van der Waals surface area contributed by atoms with Crippen molar-refractivity contribution in [2.24, 2.45) is 0 Å². The highest BCUT2D eigenvalue weighted by Crippen LogP contribution is 2.32. The van der Waals surface area contributed by atoms with Gasteiger partial charge in [0.05, 0.1) is 4.47 Å². The molecule has 1 aromatic rings. The molecule has 0 aliphatic carbocycles. The first-order chi connectivity index (χ1) is 7.03. The van der Waals surface area contributed by atoms with E-state index in [4.69, 9.17) is 20.7 Å². The molecule has 90 valence electrons. The summed E-state index contributed by atoms with van der Waals surface area (Å²) in [7, 11) is -9.29. The second-order valence-corrected chi connectivity index (χ2v) is 6.68. The van der Waals surface area contributed by atoms with Gasteiger partial charge in [0.1, 0.15) is 9.79 Å². The van der Waals surface area contributed by atoms with Crippen LogP contribution < -0.4 is 0 Å². The smallest absolute Gasteiger partial charge is 0.282 e. The lowest BCUT2D eigenvalue weighted by Gasteiger charge is -2.06. The highest BCUT2D eigenvalue weighted by atomic mass is 79.9. The van der Waals surface area contributed by atoms with Crippen LogP contribution in [0.2, 0.25) is 5.02 Å². The standard InChI is InChI=1S/C6H4BrClO6S2/c7-6-4(15(9,10)11)1-3(8)2-5(6)16(12,13)14/h1-2H,(H,9,10,11)(H,12,13,14). The number of hydrogen-bond acceptors (Lipinski definition) is 4. The largest absolute Gasteiger partial charge is 0.295 e. The van der Waals surface area contributed by atoms with Crippen molar-refractivity contribution in [3.63, 3.8) is 0 Å². The van der Waals surface area contributed by atoms with Crippen molar-refractivity contribution in [2.75, 3.05) is 0 Å². The van der Waals surface area contributed by atoms with Crippen molar-refractivity contribution in [1.82, 2.24) is 0 Å². The van der Waals surface area contributed by atoms with Crippen LogP contribution in [-0.4, -0.2) is 25.9 Å². The third-order valence-corrected chi connectivity index (χ3v) is 4.88. The minimum Gasteiger partial charge on any atom is -0.282 e. The van der Waals surface area contributed by atoms with Gasteiger partial charge in [0.25, 0.3) is 20.2 Å². The van der Waals surface area contributed by atoms with E-state index in [2.05, 4.69) is 15.9 Å². The zero-order chi connectivity index (χ0) is 12.7. The second-order valence-electron chi connectivity index (χ2n) is 2.67. The Labute approximate surface area is 105 Å². The molecule has 0 amide bonds. The number of halogens is 2. The summed E-state index contributed by atoms with van der Waals surface area (Å²) in [5.74, 6) is 0. The van der Waals surface area contributed by atoms with Gasteiger partial charge in [-0.1, -0.05) is 11.6 Å². The molecular weight excluding hydrogens is 348 g/mol. The predicted octanol–water partition coefficient (Wildman–Crippen LogP) is 1.60. The highest BCUT2D eigenvalue weighted by molar-refractivity contribution is 9.10. The Balaban J connectivity index is 3.78. The van der Waals surface area contributed by atoms with Crippen LogP contribution in [-0.2, 0) is 20.2 Å². The number of rotatable bonds is 2. The molecular formula is C6H4BrClO6S2. The van der Waals surface area contributed by atoms with Crippen molar-refractivity contribution in [3.8, 4) is 0 Å². The molecule has 0 saturated carbocycles. The maximum atomic E-state index is 10.9. The van der Waals surface area contributed by atoms with Gasteiger partial charge in [-0.25, -0.2) is 0 Å². The van der Waals surface area contributed by atoms with Crippen LogP contribution in [0.3, 0.4) is 0 Å². The molecule has 0 bridgehead atoms. The second kappa shape index (κ2) is 4.24. The molecule has 0 heterocycles. The van der Waals surface area contributed by atoms with Crippen LogP contribution in [0, 0.1) is 0 Å². The average Bonchev–Trinajstić information content (AvgIpc) is 2.04. The van der Waals surface area contributed by atoms with Crippen LogP contribution in [0.5, 0.6) is 0 Å². The summed E-state index contributed by atoms with van der Waals surface area (Å²) >= 11 is 8.11. The van der Waals surface area contributed by atoms with Crippen LogP contribution in [0.25, 0.3) is 0 Å². The SMILES string of the molecule is O=S(=O)(O)c1cc(Cl)cc(S(=O)(=O)O)c1Br. The van der Waals surface area contributed by atoms with E-state index in [1.165, 1.54) is 0 Å². The summed E-state index contributed by atoms with van der Waals surface area (Å²) in [5, 5.41) is -0.261. The molecule has 1 rings (SSSR count). The molecule has 0 fully saturated rings. The summed E-state index contributed by atoms with van der Waals surface area (Å²) < 4.78 is 60.6. The Morgan fingerprint density at radius 2 is 1.31 bits per heavy atom. The van der Waals surface area contributed by atoms with Gasteiger partial charge < -0.3 is 0 Å². The third-order valence-electron chi connectivity index (χ3n) is 1.53. The molecule has 0 saturated heterocycles. The van der Waals surface area contributed by atoms with Crippen LogP contribution >= 0.6 is 27.5 Å². The van der Waals surface area contributed by atoms with Gasteiger partial charge in [-0.05, 0) is 28.1 Å². The maximum absolute atomic E-state index is 10.9. The topological polar surface area (TPSA) is 109 Å². The van der Waals surface area contributed by atoms with Gasteiger partial charge >= 0.3 is 0 Å². The first kappa shape index (κ1) is 13.9. The molecule has 2 N–H and O–H groups in total. The fourth-order valence-corrected chi connectivity index (χ4v) is 4.01.